The van der Waals surface area contributed by atoms with Crippen LogP contribution >= 0.6 is 0 Å². The zero-order valence-corrected chi connectivity index (χ0v) is 2.52. The molecular weight excluding hydrogens is 47.0 g/mol. The quantitative estimate of drug-likeness (QED) is 0.218. The monoisotopic (exact) mass is 49.0 g/mol. The molecule has 2 nitrogen and oxygen atoms in total. The van der Waals surface area contributed by atoms with Gasteiger partial charge in [0.15, 0.2) is 6.19 Å². The Balaban J connectivity index is 0. The summed E-state index contributed by atoms with van der Waals surface area (Å²) in [7, 11) is 0. The van der Waals surface area contributed by atoms with Crippen LogP contribution in [0, 0.1) is 11.5 Å². The third-order valence-electron chi connectivity index (χ3n) is 0. The first-order valence-corrected chi connectivity index (χ1v) is 0.512. The normalized spacial score (nSPS) is 1.75. The van der Waals surface area contributed by atoms with Crippen molar-refractivity contribution in [3.8, 4) is 6.19 Å². The molecule has 0 aromatic rings. The van der Waals surface area contributed by atoms with Crippen LogP contribution in [0.5, 0.6) is 0 Å². The zero-order valence-electron chi connectivity index (χ0n) is 2.52. The predicted octanol–water partition coefficient (Wildman–Crippen LogP) is -0.955. The number of nitrogens with two attached hydrogens (primary N) is 1. The summed E-state index contributed by atoms with van der Waals surface area (Å²) >= 11 is 0. The summed E-state index contributed by atoms with van der Waals surface area (Å²) in [5.74, 6) is 0. The maximum Gasteiger partial charge on any atom is 0.173 e. The summed E-state index contributed by atoms with van der Waals surface area (Å²) in [5, 5.41) is 7.10. The molecule has 0 atom stereocenters. The van der Waals surface area contributed by atoms with Gasteiger partial charge in [0.2, 0.25) is 0 Å². The van der Waals surface area contributed by atoms with Gasteiger partial charge in [-0.25, -0.2) is 0 Å². The topological polar surface area (TPSA) is 49.8 Å². The average molecular weight is 49.0 g/mol. The number of nitrogens with zero attached hydrogens (tertiary/aromatic N) is 1. The molecular formula is CH2LiN2. The molecule has 0 aromatic heterocycles. The molecule has 2 N–H and O–H groups in total. The molecule has 0 amide bonds. The smallest absolute Gasteiger partial charge is 0.173 e. The Morgan fingerprint density at radius 2 is 1.75 bits per heavy atom. The molecule has 4 heavy (non-hydrogen) atoms. The van der Waals surface area contributed by atoms with E-state index in [9.17, 15) is 0 Å². The van der Waals surface area contributed by atoms with Crippen LogP contribution in [-0.4, -0.2) is 18.9 Å². The Bertz CT molecular complexity index is 27.5. The molecule has 3 heteroatoms. The predicted molar refractivity (Wildman–Crippen MR) is 15.6 cm³/mol. The van der Waals surface area contributed by atoms with E-state index >= 15 is 0 Å². The second kappa shape index (κ2) is 13.1. The summed E-state index contributed by atoms with van der Waals surface area (Å²) in [4.78, 5) is 0. The Labute approximate surface area is 36.8 Å². The van der Waals surface area contributed by atoms with Crippen LogP contribution in [0.4, 0.5) is 0 Å². The summed E-state index contributed by atoms with van der Waals surface area (Å²) in [6.45, 7) is 0. The zero-order chi connectivity index (χ0) is 2.71. The molecule has 0 unspecified atom stereocenters. The van der Waals surface area contributed by atoms with Crippen LogP contribution in [0.15, 0.2) is 0 Å². The van der Waals surface area contributed by atoms with Gasteiger partial charge in [0.1, 0.15) is 0 Å². The van der Waals surface area contributed by atoms with Gasteiger partial charge in [-0.1, -0.05) is 0 Å². The number of hydrogen-bond acceptors (Lipinski definition) is 2. The first-order valence-electron chi connectivity index (χ1n) is 0.512. The summed E-state index contributed by atoms with van der Waals surface area (Å²) < 4.78 is 0. The third-order valence-corrected chi connectivity index (χ3v) is 0. The molecule has 1 radical (unpaired) electrons. The van der Waals surface area contributed by atoms with Crippen molar-refractivity contribution in [2.75, 3.05) is 0 Å². The molecule has 0 saturated heterocycles. The Morgan fingerprint density at radius 1 is 1.75 bits per heavy atom. The molecule has 0 aliphatic heterocycles. The van der Waals surface area contributed by atoms with E-state index in [0.717, 1.165) is 0 Å². The minimum Gasteiger partial charge on any atom is -0.337 e. The molecule has 0 aliphatic carbocycles. The van der Waals surface area contributed by atoms with E-state index in [2.05, 4.69) is 5.73 Å². The van der Waals surface area contributed by atoms with Crippen molar-refractivity contribution in [3.05, 3.63) is 0 Å². The molecule has 0 saturated carbocycles. The van der Waals surface area contributed by atoms with Crippen molar-refractivity contribution in [1.82, 2.24) is 0 Å². The maximum atomic E-state index is 7.10. The van der Waals surface area contributed by atoms with Gasteiger partial charge in [-0.15, -0.1) is 0 Å². The SMILES string of the molecule is N#CN.[Li]. The van der Waals surface area contributed by atoms with Gasteiger partial charge in [0.25, 0.3) is 0 Å². The Morgan fingerprint density at radius 3 is 1.75 bits per heavy atom. The number of nitriles is 1. The maximum absolute atomic E-state index is 7.10. The second-order valence-corrected chi connectivity index (χ2v) is 0.129. The minimum absolute atomic E-state index is 0. The van der Waals surface area contributed by atoms with Crippen molar-refractivity contribution < 1.29 is 0 Å². The van der Waals surface area contributed by atoms with Gasteiger partial charge < -0.3 is 5.73 Å². The molecule has 0 bridgehead atoms. The average Bonchev–Trinajstić information content (AvgIpc) is 0.918. The third kappa shape index (κ3) is 117. The molecule has 0 heterocycles. The minimum atomic E-state index is 0. The van der Waals surface area contributed by atoms with Crippen LogP contribution < -0.4 is 5.73 Å². The first-order chi connectivity index (χ1) is 1.41. The van der Waals surface area contributed by atoms with Crippen molar-refractivity contribution >= 4 is 18.9 Å². The van der Waals surface area contributed by atoms with Crippen molar-refractivity contribution in [2.45, 2.75) is 0 Å². The largest absolute Gasteiger partial charge is 0.337 e. The van der Waals surface area contributed by atoms with Gasteiger partial charge in [-0.05, 0) is 0 Å². The van der Waals surface area contributed by atoms with Crippen LogP contribution in [0.1, 0.15) is 0 Å². The van der Waals surface area contributed by atoms with Crippen LogP contribution in [0.25, 0.3) is 0 Å². The van der Waals surface area contributed by atoms with E-state index in [0.29, 0.717) is 0 Å². The van der Waals surface area contributed by atoms with E-state index in [1.807, 2.05) is 0 Å². The van der Waals surface area contributed by atoms with Crippen molar-refractivity contribution in [2.24, 2.45) is 5.73 Å². The van der Waals surface area contributed by atoms with Crippen LogP contribution in [0.2, 0.25) is 0 Å². The van der Waals surface area contributed by atoms with E-state index < -0.39 is 0 Å². The summed E-state index contributed by atoms with van der Waals surface area (Å²) in [6, 6.07) is 0. The molecule has 0 spiro atoms. The van der Waals surface area contributed by atoms with Gasteiger partial charge in [-0.2, -0.15) is 5.26 Å². The van der Waals surface area contributed by atoms with Gasteiger partial charge >= 0.3 is 0 Å². The molecule has 0 fully saturated rings. The van der Waals surface area contributed by atoms with Gasteiger partial charge in [0.05, 0.1) is 0 Å². The number of rotatable bonds is 0. The van der Waals surface area contributed by atoms with Crippen LogP contribution in [-0.2, 0) is 0 Å². The van der Waals surface area contributed by atoms with Crippen LogP contribution in [0.3, 0.4) is 0 Å². The standard InChI is InChI=1S/CH2N2.Li/c2-1-3;/h2H2;. The Hall–Kier alpha value is -0.113. The summed E-state index contributed by atoms with van der Waals surface area (Å²) in [5.41, 5.74) is 4.15. The second-order valence-electron chi connectivity index (χ2n) is 0.129. The first kappa shape index (κ1) is 9.10. The van der Waals surface area contributed by atoms with E-state index in [-0.39, 0.29) is 18.9 Å². The van der Waals surface area contributed by atoms with Crippen molar-refractivity contribution in [1.29, 1.82) is 5.26 Å². The Kier molecular flexibility index (Phi) is 29.7. The fourth-order valence-corrected chi connectivity index (χ4v) is 0. The molecule has 0 rings (SSSR count). The van der Waals surface area contributed by atoms with E-state index in [1.54, 1.807) is 0 Å². The summed E-state index contributed by atoms with van der Waals surface area (Å²) in [6.07, 6.45) is 1.25. The van der Waals surface area contributed by atoms with Gasteiger partial charge in [0, 0.05) is 18.9 Å². The molecule has 0 aliphatic rings. The van der Waals surface area contributed by atoms with Crippen molar-refractivity contribution in [3.63, 3.8) is 0 Å². The fourth-order valence-electron chi connectivity index (χ4n) is 0. The molecule has 17 valence electrons. The van der Waals surface area contributed by atoms with Gasteiger partial charge in [-0.3, -0.25) is 0 Å². The van der Waals surface area contributed by atoms with E-state index in [1.165, 1.54) is 6.19 Å². The number of hydrogen-bond donors (Lipinski definition) is 1. The molecule has 0 aromatic carbocycles. The van der Waals surface area contributed by atoms with E-state index in [4.69, 9.17) is 5.26 Å². The fraction of sp³-hybridized carbons (Fsp3) is 0.